The molecule has 8 aromatic carbocycles. The summed E-state index contributed by atoms with van der Waals surface area (Å²) in [4.78, 5) is 46.0. The van der Waals surface area contributed by atoms with Crippen molar-refractivity contribution < 1.29 is 4.42 Å². The van der Waals surface area contributed by atoms with Crippen LogP contribution in [0.2, 0.25) is 0 Å². The number of hydrogen-bond donors (Lipinski definition) is 0. The van der Waals surface area contributed by atoms with Gasteiger partial charge in [-0.25, -0.2) is 4.79 Å². The van der Waals surface area contributed by atoms with Gasteiger partial charge in [-0.1, -0.05) is 109 Å². The Kier molecular flexibility index (Phi) is 5.32. The molecule has 12 aromatic rings. The minimum absolute atomic E-state index is 0.161. The smallest absolute Gasteiger partial charge is 0.338 e. The largest absolute Gasteiger partial charge is 0.455 e. The van der Waals surface area contributed by atoms with Gasteiger partial charge in [0.25, 0.3) is 0 Å². The lowest BCUT2D eigenvalue weighted by Crippen LogP contribution is -2.28. The zero-order chi connectivity index (χ0) is 35.1. The normalized spacial score (nSPS) is 12.4. The van der Waals surface area contributed by atoms with Crippen LogP contribution in [0.25, 0.3) is 109 Å². The zero-order valence-corrected chi connectivity index (χ0v) is 27.9. The number of rotatable bonds is 2. The highest BCUT2D eigenvalue weighted by molar-refractivity contribution is 6.28. The molecule has 53 heavy (non-hydrogen) atoms. The third kappa shape index (κ3) is 3.49. The zero-order valence-electron chi connectivity index (χ0n) is 27.9. The summed E-state index contributed by atoms with van der Waals surface area (Å²) in [5.41, 5.74) is 5.47. The van der Waals surface area contributed by atoms with Gasteiger partial charge in [0.2, 0.25) is 5.43 Å². The quantitative estimate of drug-likeness (QED) is 0.135. The molecular formula is C47H24N2O4. The van der Waals surface area contributed by atoms with Gasteiger partial charge in [0, 0.05) is 26.9 Å². The molecule has 12 rings (SSSR count). The van der Waals surface area contributed by atoms with E-state index >= 15 is 9.59 Å². The lowest BCUT2D eigenvalue weighted by Gasteiger charge is -2.22. The lowest BCUT2D eigenvalue weighted by atomic mass is 9.88. The summed E-state index contributed by atoms with van der Waals surface area (Å²) in [6, 6.07) is 46.9. The SMILES string of the molecule is O=c1c2ccc3ccccc3c2n2c(=O)n3c4ccc5c6ccccc6oc5c4c(=O)c4c(-c5ccccc5)cc5cc(-c6ccccc6)c1c2c5c43. The highest BCUT2D eigenvalue weighted by Gasteiger charge is 2.28. The Hall–Kier alpha value is -7.31. The number of benzene rings is 8. The van der Waals surface area contributed by atoms with Crippen LogP contribution in [0.3, 0.4) is 0 Å². The fourth-order valence-electron chi connectivity index (χ4n) is 8.98. The van der Waals surface area contributed by atoms with Gasteiger partial charge < -0.3 is 4.42 Å². The molecule has 0 spiro atoms. The third-order valence-corrected chi connectivity index (χ3v) is 11.2. The van der Waals surface area contributed by atoms with Crippen LogP contribution in [-0.2, 0) is 0 Å². The van der Waals surface area contributed by atoms with Crippen molar-refractivity contribution >= 4 is 87.1 Å². The maximum Gasteiger partial charge on any atom is 0.338 e. The number of nitrogens with zero attached hydrogens (tertiary/aromatic N) is 2. The predicted molar refractivity (Wildman–Crippen MR) is 215 cm³/mol. The Morgan fingerprint density at radius 2 is 1.02 bits per heavy atom. The number of para-hydroxylation sites is 1. The van der Waals surface area contributed by atoms with Gasteiger partial charge >= 0.3 is 5.69 Å². The highest BCUT2D eigenvalue weighted by atomic mass is 16.3. The lowest BCUT2D eigenvalue weighted by molar-refractivity contribution is 0.672. The van der Waals surface area contributed by atoms with Gasteiger partial charge in [0.05, 0.1) is 38.2 Å². The summed E-state index contributed by atoms with van der Waals surface area (Å²) < 4.78 is 9.89. The van der Waals surface area contributed by atoms with Crippen molar-refractivity contribution in [1.29, 1.82) is 0 Å². The molecule has 0 bridgehead atoms. The summed E-state index contributed by atoms with van der Waals surface area (Å²) in [5.74, 6) is 0. The molecule has 0 amide bonds. The standard InChI is InChI=1S/C47H24N2O4/c50-44-32-20-19-27-15-7-8-16-29(27)41(32)49-43-37-28(23-33(38(43)44)25-11-3-1-4-12-25)24-34(26-13-5-2-6-14-26)39-42(37)48(47(49)52)35-22-21-31-30-17-9-10-18-36(30)53-46(31)40(35)45(39)51/h1-24H. The number of fused-ring (bicyclic) bond motifs is 10. The molecule has 6 heteroatoms. The first-order chi connectivity index (χ1) is 26.1. The van der Waals surface area contributed by atoms with Crippen LogP contribution in [0.4, 0.5) is 0 Å². The van der Waals surface area contributed by atoms with E-state index in [0.717, 1.165) is 43.6 Å². The Morgan fingerprint density at radius 1 is 0.415 bits per heavy atom. The van der Waals surface area contributed by atoms with Gasteiger partial charge in [0.1, 0.15) is 11.2 Å². The van der Waals surface area contributed by atoms with Gasteiger partial charge in [-0.3, -0.25) is 18.4 Å². The summed E-state index contributed by atoms with van der Waals surface area (Å²) >= 11 is 0. The van der Waals surface area contributed by atoms with Crippen molar-refractivity contribution in [2.45, 2.75) is 0 Å². The second kappa shape index (κ2) is 9.93. The Balaban J connectivity index is 1.46. The summed E-state index contributed by atoms with van der Waals surface area (Å²) in [5, 5.41) is 6.55. The first kappa shape index (κ1) is 28.4. The number of aromatic nitrogens is 2. The topological polar surface area (TPSA) is 73.2 Å². The van der Waals surface area contributed by atoms with Crippen molar-refractivity contribution in [1.82, 2.24) is 8.80 Å². The first-order valence-corrected chi connectivity index (χ1v) is 17.6. The average molecular weight is 681 g/mol. The van der Waals surface area contributed by atoms with E-state index in [1.807, 2.05) is 140 Å². The maximum absolute atomic E-state index is 15.7. The fourth-order valence-corrected chi connectivity index (χ4v) is 8.98. The van der Waals surface area contributed by atoms with E-state index in [0.29, 0.717) is 65.7 Å². The number of pyridine rings is 2. The van der Waals surface area contributed by atoms with Crippen LogP contribution in [0.1, 0.15) is 0 Å². The number of hydrogen-bond acceptors (Lipinski definition) is 4. The van der Waals surface area contributed by atoms with E-state index < -0.39 is 0 Å². The molecule has 4 aromatic heterocycles. The molecule has 0 unspecified atom stereocenters. The van der Waals surface area contributed by atoms with Crippen LogP contribution in [0.15, 0.2) is 164 Å². The molecule has 0 aliphatic carbocycles. The van der Waals surface area contributed by atoms with Gasteiger partial charge in [-0.2, -0.15) is 0 Å². The molecule has 4 heterocycles. The minimum Gasteiger partial charge on any atom is -0.455 e. The molecule has 0 radical (unpaired) electrons. The van der Waals surface area contributed by atoms with E-state index in [9.17, 15) is 4.79 Å². The van der Waals surface area contributed by atoms with Crippen LogP contribution < -0.4 is 16.5 Å². The van der Waals surface area contributed by atoms with Crippen molar-refractivity contribution in [3.8, 4) is 22.3 Å². The molecule has 0 saturated carbocycles. The molecular weight excluding hydrogens is 657 g/mol. The minimum atomic E-state index is -0.369. The monoisotopic (exact) mass is 680 g/mol. The molecule has 0 aliphatic heterocycles. The average Bonchev–Trinajstić information content (AvgIpc) is 3.59. The molecule has 6 nitrogen and oxygen atoms in total. The van der Waals surface area contributed by atoms with E-state index in [1.165, 1.54) is 0 Å². The second-order valence-electron chi connectivity index (χ2n) is 13.9. The van der Waals surface area contributed by atoms with E-state index in [1.54, 1.807) is 8.80 Å². The molecule has 246 valence electrons. The van der Waals surface area contributed by atoms with Crippen molar-refractivity contribution in [3.63, 3.8) is 0 Å². The molecule has 0 aliphatic rings. The summed E-state index contributed by atoms with van der Waals surface area (Å²) in [6.45, 7) is 0. The first-order valence-electron chi connectivity index (χ1n) is 17.6. The van der Waals surface area contributed by atoms with Crippen LogP contribution in [-0.4, -0.2) is 8.80 Å². The second-order valence-corrected chi connectivity index (χ2v) is 13.9. The van der Waals surface area contributed by atoms with Gasteiger partial charge in [0.15, 0.2) is 5.43 Å². The molecule has 0 saturated heterocycles. The Labute approximate surface area is 298 Å². The fraction of sp³-hybridized carbons (Fsp3) is 0. The van der Waals surface area contributed by atoms with E-state index in [2.05, 4.69) is 6.07 Å². The van der Waals surface area contributed by atoms with Crippen LogP contribution in [0, 0.1) is 0 Å². The predicted octanol–water partition coefficient (Wildman–Crippen LogP) is 10.1. The van der Waals surface area contributed by atoms with Crippen molar-refractivity contribution in [2.24, 2.45) is 0 Å². The van der Waals surface area contributed by atoms with Gasteiger partial charge in [-0.05, 0) is 69.4 Å². The summed E-state index contributed by atoms with van der Waals surface area (Å²) in [7, 11) is 0. The maximum atomic E-state index is 15.7. The molecule has 0 N–H and O–H groups in total. The number of furan rings is 1. The molecule has 0 fully saturated rings. The Bertz CT molecular complexity index is 3730. The highest BCUT2D eigenvalue weighted by Crippen LogP contribution is 2.43. The summed E-state index contributed by atoms with van der Waals surface area (Å²) in [6.07, 6.45) is 0. The van der Waals surface area contributed by atoms with Crippen molar-refractivity contribution in [2.75, 3.05) is 0 Å². The third-order valence-electron chi connectivity index (χ3n) is 11.2. The van der Waals surface area contributed by atoms with E-state index in [4.69, 9.17) is 4.42 Å². The Morgan fingerprint density at radius 3 is 1.75 bits per heavy atom. The van der Waals surface area contributed by atoms with Gasteiger partial charge in [-0.15, -0.1) is 0 Å². The van der Waals surface area contributed by atoms with E-state index in [-0.39, 0.29) is 16.5 Å². The van der Waals surface area contributed by atoms with Crippen LogP contribution >= 0.6 is 0 Å². The van der Waals surface area contributed by atoms with Crippen molar-refractivity contribution in [3.05, 3.63) is 177 Å². The van der Waals surface area contributed by atoms with Crippen LogP contribution in [0.5, 0.6) is 0 Å². The molecule has 0 atom stereocenters.